The van der Waals surface area contributed by atoms with Crippen molar-refractivity contribution in [1.82, 2.24) is 34.5 Å². The molecule has 2 heterocycles. The maximum atomic E-state index is 13.9. The fraction of sp³-hybridized carbons (Fsp3) is 0.316. The third-order valence-corrected chi connectivity index (χ3v) is 8.49. The third-order valence-electron chi connectivity index (χ3n) is 8.49. The lowest BCUT2D eigenvalue weighted by molar-refractivity contribution is 0.0779. The van der Waals surface area contributed by atoms with Crippen molar-refractivity contribution < 1.29 is 14.3 Å². The van der Waals surface area contributed by atoms with E-state index in [2.05, 4.69) is 39.1 Å². The minimum Gasteiger partial charge on any atom is -0.409 e. The number of carbonyl (C=O) groups excluding carboxylic acids is 2. The SMILES string of the molecule is CCN(CC)CCN(C)C(=O)c1ccc(Nc2nccc(N(Cc3ccc(Cn4cncn4)cc3)C(=O)Oc3c(C)cc(C)cc3C)n2)cc1. The Morgan fingerprint density at radius 3 is 2.20 bits per heavy atom. The van der Waals surface area contributed by atoms with Crippen molar-refractivity contribution in [2.24, 2.45) is 0 Å². The van der Waals surface area contributed by atoms with Gasteiger partial charge in [0.2, 0.25) is 5.95 Å². The standard InChI is InChI=1S/C38H45N9O3/c1-7-45(8-2)20-19-44(6)36(48)32-13-15-33(16-14-32)42-37-40-18-17-34(43-37)47(38(49)50-35-28(4)21-27(3)22-29(35)5)24-31-11-9-30(10-12-31)23-46-26-39-25-41-46/h9-18,21-22,25-26H,7-8,19-20,23-24H2,1-6H3,(H,40,42,43). The van der Waals surface area contributed by atoms with Gasteiger partial charge in [0.25, 0.3) is 5.91 Å². The van der Waals surface area contributed by atoms with Gasteiger partial charge in [0.05, 0.1) is 13.1 Å². The van der Waals surface area contributed by atoms with Crippen LogP contribution in [0.15, 0.2) is 85.6 Å². The van der Waals surface area contributed by atoms with E-state index < -0.39 is 6.09 Å². The van der Waals surface area contributed by atoms with Crippen LogP contribution < -0.4 is 15.0 Å². The molecule has 0 fully saturated rings. The molecule has 0 bridgehead atoms. The van der Waals surface area contributed by atoms with E-state index >= 15 is 0 Å². The predicted octanol–water partition coefficient (Wildman–Crippen LogP) is 6.40. The van der Waals surface area contributed by atoms with Crippen molar-refractivity contribution >= 4 is 29.5 Å². The van der Waals surface area contributed by atoms with Gasteiger partial charge in [0.15, 0.2) is 0 Å². The van der Waals surface area contributed by atoms with Crippen LogP contribution in [-0.2, 0) is 13.1 Å². The molecule has 0 unspecified atom stereocenters. The number of nitrogens with zero attached hydrogens (tertiary/aromatic N) is 8. The Morgan fingerprint density at radius 1 is 0.880 bits per heavy atom. The number of hydrogen-bond donors (Lipinski definition) is 1. The number of rotatable bonds is 14. The van der Waals surface area contributed by atoms with Crippen molar-refractivity contribution in [3.05, 3.63) is 119 Å². The summed E-state index contributed by atoms with van der Waals surface area (Å²) in [5, 5.41) is 7.39. The zero-order valence-electron chi connectivity index (χ0n) is 29.6. The number of benzene rings is 3. The zero-order valence-corrected chi connectivity index (χ0v) is 29.6. The summed E-state index contributed by atoms with van der Waals surface area (Å²) in [7, 11) is 1.82. The van der Waals surface area contributed by atoms with Crippen molar-refractivity contribution in [1.29, 1.82) is 0 Å². The van der Waals surface area contributed by atoms with Crippen LogP contribution >= 0.6 is 0 Å². The minimum atomic E-state index is -0.565. The van der Waals surface area contributed by atoms with Crippen LogP contribution in [0, 0.1) is 20.8 Å². The monoisotopic (exact) mass is 675 g/mol. The summed E-state index contributed by atoms with van der Waals surface area (Å²) in [4.78, 5) is 45.5. The Kier molecular flexibility index (Phi) is 11.9. The lowest BCUT2D eigenvalue weighted by Crippen LogP contribution is -2.36. The summed E-state index contributed by atoms with van der Waals surface area (Å²) in [6, 6.07) is 20.8. The van der Waals surface area contributed by atoms with Crippen LogP contribution in [0.3, 0.4) is 0 Å². The lowest BCUT2D eigenvalue weighted by atomic mass is 10.1. The number of aromatic nitrogens is 5. The van der Waals surface area contributed by atoms with Gasteiger partial charge in [0, 0.05) is 37.6 Å². The highest BCUT2D eigenvalue weighted by molar-refractivity contribution is 5.94. The van der Waals surface area contributed by atoms with E-state index in [1.54, 1.807) is 40.3 Å². The van der Waals surface area contributed by atoms with E-state index in [0.29, 0.717) is 41.9 Å². The molecule has 0 aliphatic rings. The molecule has 260 valence electrons. The molecule has 0 aliphatic heterocycles. The molecule has 0 atom stereocenters. The fourth-order valence-electron chi connectivity index (χ4n) is 5.68. The molecule has 2 amide bonds. The second-order valence-corrected chi connectivity index (χ2v) is 12.3. The van der Waals surface area contributed by atoms with E-state index in [-0.39, 0.29) is 12.5 Å². The number of ether oxygens (including phenoxy) is 1. The highest BCUT2D eigenvalue weighted by Crippen LogP contribution is 2.27. The summed E-state index contributed by atoms with van der Waals surface area (Å²) < 4.78 is 7.77. The summed E-state index contributed by atoms with van der Waals surface area (Å²) in [6.45, 7) is 14.3. The average molecular weight is 676 g/mol. The smallest absolute Gasteiger partial charge is 0.409 e. The van der Waals surface area contributed by atoms with Gasteiger partial charge in [-0.15, -0.1) is 0 Å². The van der Waals surface area contributed by atoms with Crippen LogP contribution in [-0.4, -0.2) is 79.8 Å². The van der Waals surface area contributed by atoms with Gasteiger partial charge in [-0.25, -0.2) is 19.4 Å². The first-order chi connectivity index (χ1) is 24.1. The number of amides is 2. The first-order valence-electron chi connectivity index (χ1n) is 16.8. The maximum absolute atomic E-state index is 13.9. The maximum Gasteiger partial charge on any atom is 0.421 e. The van der Waals surface area contributed by atoms with Crippen molar-refractivity contribution in [3.63, 3.8) is 0 Å². The van der Waals surface area contributed by atoms with E-state index in [9.17, 15) is 9.59 Å². The molecule has 0 saturated heterocycles. The van der Waals surface area contributed by atoms with Crippen LogP contribution in [0.4, 0.5) is 22.2 Å². The van der Waals surface area contributed by atoms with Crippen molar-refractivity contribution in [3.8, 4) is 5.75 Å². The Bertz CT molecular complexity index is 1850. The Balaban J connectivity index is 1.34. The molecule has 5 rings (SSSR count). The molecule has 5 aromatic rings. The van der Waals surface area contributed by atoms with Gasteiger partial charge in [-0.3, -0.25) is 9.69 Å². The van der Waals surface area contributed by atoms with Crippen molar-refractivity contribution in [2.45, 2.75) is 47.7 Å². The molecule has 0 radical (unpaired) electrons. The third kappa shape index (κ3) is 9.29. The Labute approximate surface area is 293 Å². The fourth-order valence-corrected chi connectivity index (χ4v) is 5.68. The summed E-state index contributed by atoms with van der Waals surface area (Å²) in [5.41, 5.74) is 6.06. The summed E-state index contributed by atoms with van der Waals surface area (Å²) in [6.07, 6.45) is 4.20. The predicted molar refractivity (Wildman–Crippen MR) is 195 cm³/mol. The van der Waals surface area contributed by atoms with E-state index in [4.69, 9.17) is 9.72 Å². The van der Waals surface area contributed by atoms with E-state index in [1.807, 2.05) is 76.3 Å². The number of carbonyl (C=O) groups is 2. The zero-order chi connectivity index (χ0) is 35.6. The summed E-state index contributed by atoms with van der Waals surface area (Å²) >= 11 is 0. The molecule has 2 aromatic heterocycles. The Hall–Kier alpha value is -5.62. The van der Waals surface area contributed by atoms with Crippen LogP contribution in [0.2, 0.25) is 0 Å². The molecule has 3 aromatic carbocycles. The second-order valence-electron chi connectivity index (χ2n) is 12.3. The van der Waals surface area contributed by atoms with Crippen LogP contribution in [0.5, 0.6) is 5.75 Å². The van der Waals surface area contributed by atoms with Gasteiger partial charge >= 0.3 is 6.09 Å². The Morgan fingerprint density at radius 2 is 1.56 bits per heavy atom. The van der Waals surface area contributed by atoms with Gasteiger partial charge < -0.3 is 19.9 Å². The number of anilines is 3. The van der Waals surface area contributed by atoms with Gasteiger partial charge in [0.1, 0.15) is 24.2 Å². The topological polar surface area (TPSA) is 122 Å². The molecule has 0 spiro atoms. The summed E-state index contributed by atoms with van der Waals surface area (Å²) in [5.74, 6) is 1.14. The molecule has 12 heteroatoms. The van der Waals surface area contributed by atoms with Gasteiger partial charge in [-0.2, -0.15) is 10.1 Å². The number of hydrogen-bond acceptors (Lipinski definition) is 9. The normalized spacial score (nSPS) is 11.0. The number of nitrogens with one attached hydrogen (secondary N) is 1. The highest BCUT2D eigenvalue weighted by atomic mass is 16.6. The lowest BCUT2D eigenvalue weighted by Gasteiger charge is -2.23. The van der Waals surface area contributed by atoms with Crippen molar-refractivity contribution in [2.75, 3.05) is 43.4 Å². The minimum absolute atomic E-state index is 0.0402. The van der Waals surface area contributed by atoms with Gasteiger partial charge in [-0.05, 0) is 86.4 Å². The molecule has 1 N–H and O–H groups in total. The number of aryl methyl sites for hydroxylation is 3. The molecule has 0 saturated carbocycles. The quantitative estimate of drug-likeness (QED) is 0.142. The molecule has 0 aliphatic carbocycles. The molecular weight excluding hydrogens is 630 g/mol. The molecule has 50 heavy (non-hydrogen) atoms. The van der Waals surface area contributed by atoms with Crippen LogP contribution in [0.25, 0.3) is 0 Å². The largest absolute Gasteiger partial charge is 0.421 e. The number of likely N-dealkylation sites (N-methyl/N-ethyl adjacent to an activating group) is 2. The first-order valence-corrected chi connectivity index (χ1v) is 16.8. The highest BCUT2D eigenvalue weighted by Gasteiger charge is 2.23. The molecular formula is C38H45N9O3. The van der Waals surface area contributed by atoms with E-state index in [1.165, 1.54) is 11.2 Å². The van der Waals surface area contributed by atoms with Gasteiger partial charge in [-0.1, -0.05) is 55.8 Å². The first kappa shape index (κ1) is 35.7. The van der Waals surface area contributed by atoms with Crippen LogP contribution in [0.1, 0.15) is 52.0 Å². The van der Waals surface area contributed by atoms with E-state index in [0.717, 1.165) is 47.5 Å². The average Bonchev–Trinajstić information content (AvgIpc) is 3.63. The second kappa shape index (κ2) is 16.7. The molecule has 12 nitrogen and oxygen atoms in total.